The molecule has 2 aromatic heterocycles. The Morgan fingerprint density at radius 2 is 1.94 bits per heavy atom. The maximum absolute atomic E-state index is 12.9. The Morgan fingerprint density at radius 3 is 2.58 bits per heavy atom. The summed E-state index contributed by atoms with van der Waals surface area (Å²) >= 11 is 1.35. The Hall–Kier alpha value is -2.92. The Balaban J connectivity index is 0.00000228. The summed E-state index contributed by atoms with van der Waals surface area (Å²) in [5.41, 5.74) is 7.52. The maximum atomic E-state index is 12.9. The summed E-state index contributed by atoms with van der Waals surface area (Å²) in [5, 5.41) is 12.5. The van der Waals surface area contributed by atoms with Crippen molar-refractivity contribution < 1.29 is 24.2 Å². The molecule has 194 valence electrons. The second-order valence-electron chi connectivity index (χ2n) is 8.14. The van der Waals surface area contributed by atoms with Crippen molar-refractivity contribution in [3.63, 3.8) is 0 Å². The average molecular weight is 555 g/mol. The van der Waals surface area contributed by atoms with Crippen LogP contribution >= 0.6 is 36.2 Å². The van der Waals surface area contributed by atoms with E-state index in [1.165, 1.54) is 30.2 Å². The van der Waals surface area contributed by atoms with Gasteiger partial charge in [0.15, 0.2) is 11.5 Å². The molecule has 36 heavy (non-hydrogen) atoms. The van der Waals surface area contributed by atoms with E-state index in [2.05, 4.69) is 15.3 Å². The molecule has 2 heterocycles. The predicted molar refractivity (Wildman–Crippen MR) is 142 cm³/mol. The SMILES string of the molecule is COc1ccc(-c2nc(C(=O)NCc3cccc(C(=O)O)n3)c([C@H](C)N)s2)cc1OCC1CC1.Cl.Cl. The lowest BCUT2D eigenvalue weighted by molar-refractivity contribution is 0.0690. The van der Waals surface area contributed by atoms with Gasteiger partial charge >= 0.3 is 5.97 Å². The molecule has 3 aromatic rings. The minimum absolute atomic E-state index is 0. The molecule has 0 spiro atoms. The van der Waals surface area contributed by atoms with Crippen molar-refractivity contribution in [1.29, 1.82) is 0 Å². The lowest BCUT2D eigenvalue weighted by Crippen LogP contribution is -2.25. The molecule has 1 aliphatic rings. The monoisotopic (exact) mass is 554 g/mol. The van der Waals surface area contributed by atoms with Gasteiger partial charge in [-0.3, -0.25) is 4.79 Å². The number of aromatic carboxylic acids is 1. The normalized spacial score (nSPS) is 13.1. The molecular formula is C24H28Cl2N4O5S. The first-order chi connectivity index (χ1) is 16.4. The Labute approximate surface area is 225 Å². The molecule has 0 unspecified atom stereocenters. The van der Waals surface area contributed by atoms with Crippen molar-refractivity contribution in [3.8, 4) is 22.1 Å². The third-order valence-electron chi connectivity index (χ3n) is 5.32. The first kappa shape index (κ1) is 29.3. The quantitative estimate of drug-likeness (QED) is 0.333. The van der Waals surface area contributed by atoms with Crippen molar-refractivity contribution in [2.24, 2.45) is 11.7 Å². The number of benzene rings is 1. The van der Waals surface area contributed by atoms with Crippen LogP contribution in [0.4, 0.5) is 0 Å². The molecule has 0 saturated heterocycles. The van der Waals surface area contributed by atoms with Gasteiger partial charge in [-0.25, -0.2) is 14.8 Å². The van der Waals surface area contributed by atoms with Gasteiger partial charge < -0.3 is 25.6 Å². The largest absolute Gasteiger partial charge is 0.493 e. The molecule has 1 aliphatic carbocycles. The first-order valence-corrected chi connectivity index (χ1v) is 11.7. The number of nitrogens with one attached hydrogen (secondary N) is 1. The number of thiazole rings is 1. The van der Waals surface area contributed by atoms with Crippen molar-refractivity contribution in [3.05, 3.63) is 58.4 Å². The van der Waals surface area contributed by atoms with E-state index in [1.807, 2.05) is 18.2 Å². The van der Waals surface area contributed by atoms with Crippen molar-refractivity contribution in [2.45, 2.75) is 32.4 Å². The molecular weight excluding hydrogens is 527 g/mol. The van der Waals surface area contributed by atoms with E-state index in [9.17, 15) is 9.59 Å². The molecule has 1 fully saturated rings. The average Bonchev–Trinajstić information content (AvgIpc) is 3.56. The van der Waals surface area contributed by atoms with Crippen LogP contribution < -0.4 is 20.5 Å². The highest BCUT2D eigenvalue weighted by Crippen LogP contribution is 2.38. The van der Waals surface area contributed by atoms with Gasteiger partial charge in [-0.15, -0.1) is 36.2 Å². The summed E-state index contributed by atoms with van der Waals surface area (Å²) in [7, 11) is 1.60. The molecule has 1 amide bonds. The summed E-state index contributed by atoms with van der Waals surface area (Å²) in [6.07, 6.45) is 2.36. The van der Waals surface area contributed by atoms with Gasteiger partial charge in [0.2, 0.25) is 0 Å². The molecule has 9 nitrogen and oxygen atoms in total. The number of nitrogens with two attached hydrogens (primary N) is 1. The molecule has 1 saturated carbocycles. The number of amides is 1. The van der Waals surface area contributed by atoms with Crippen molar-refractivity contribution >= 4 is 48.0 Å². The summed E-state index contributed by atoms with van der Waals surface area (Å²) in [6.45, 7) is 2.50. The van der Waals surface area contributed by atoms with Crippen LogP contribution in [-0.2, 0) is 6.54 Å². The van der Waals surface area contributed by atoms with Crippen molar-refractivity contribution in [1.82, 2.24) is 15.3 Å². The number of ether oxygens (including phenoxy) is 2. The van der Waals surface area contributed by atoms with Crippen LogP contribution in [0.15, 0.2) is 36.4 Å². The second kappa shape index (κ2) is 12.9. The number of carbonyl (C=O) groups is 2. The molecule has 1 aromatic carbocycles. The molecule has 12 heteroatoms. The van der Waals surface area contributed by atoms with Gasteiger partial charge in [0.25, 0.3) is 5.91 Å². The number of carboxylic acids is 1. The molecule has 4 rings (SSSR count). The van der Waals surface area contributed by atoms with Crippen LogP contribution in [0.5, 0.6) is 11.5 Å². The van der Waals surface area contributed by atoms with Crippen LogP contribution in [-0.4, -0.2) is 40.7 Å². The predicted octanol–water partition coefficient (Wildman–Crippen LogP) is 4.49. The van der Waals surface area contributed by atoms with E-state index in [4.69, 9.17) is 20.3 Å². The number of rotatable bonds is 10. The van der Waals surface area contributed by atoms with Crippen LogP contribution in [0.3, 0.4) is 0 Å². The van der Waals surface area contributed by atoms with Gasteiger partial charge in [-0.1, -0.05) is 6.07 Å². The summed E-state index contributed by atoms with van der Waals surface area (Å²) in [5.74, 6) is 0.341. The number of halogens is 2. The zero-order chi connectivity index (χ0) is 24.2. The van der Waals surface area contributed by atoms with E-state index in [-0.39, 0.29) is 42.7 Å². The fourth-order valence-electron chi connectivity index (χ4n) is 3.29. The summed E-state index contributed by atoms with van der Waals surface area (Å²) in [6, 6.07) is 9.79. The van der Waals surface area contributed by atoms with Gasteiger partial charge in [0.1, 0.15) is 16.4 Å². The highest BCUT2D eigenvalue weighted by Gasteiger charge is 2.24. The fraction of sp³-hybridized carbons (Fsp3) is 0.333. The minimum atomic E-state index is -1.13. The number of nitrogens with zero attached hydrogens (tertiary/aromatic N) is 2. The number of hydrogen-bond acceptors (Lipinski definition) is 8. The number of pyridine rings is 1. The molecule has 1 atom stereocenters. The number of aromatic nitrogens is 2. The van der Waals surface area contributed by atoms with E-state index in [0.717, 1.165) is 5.56 Å². The van der Waals surface area contributed by atoms with Crippen LogP contribution in [0.25, 0.3) is 10.6 Å². The Morgan fingerprint density at radius 1 is 1.19 bits per heavy atom. The number of carbonyl (C=O) groups excluding carboxylic acids is 1. The molecule has 4 N–H and O–H groups in total. The van der Waals surface area contributed by atoms with Crippen LogP contribution in [0.2, 0.25) is 0 Å². The zero-order valence-corrected chi connectivity index (χ0v) is 22.2. The molecule has 0 radical (unpaired) electrons. The Kier molecular flexibility index (Phi) is 10.5. The fourth-order valence-corrected chi connectivity index (χ4v) is 4.30. The number of carboxylic acid groups (broad SMARTS) is 1. The minimum Gasteiger partial charge on any atom is -0.493 e. The smallest absolute Gasteiger partial charge is 0.354 e. The van der Waals surface area contributed by atoms with E-state index < -0.39 is 17.9 Å². The van der Waals surface area contributed by atoms with Gasteiger partial charge in [0, 0.05) is 11.6 Å². The third-order valence-corrected chi connectivity index (χ3v) is 6.63. The summed E-state index contributed by atoms with van der Waals surface area (Å²) < 4.78 is 11.4. The van der Waals surface area contributed by atoms with Crippen LogP contribution in [0, 0.1) is 5.92 Å². The van der Waals surface area contributed by atoms with Crippen molar-refractivity contribution in [2.75, 3.05) is 13.7 Å². The topological polar surface area (TPSA) is 137 Å². The molecule has 0 aliphatic heterocycles. The lowest BCUT2D eigenvalue weighted by atomic mass is 10.2. The number of hydrogen-bond donors (Lipinski definition) is 3. The van der Waals surface area contributed by atoms with E-state index in [0.29, 0.717) is 39.6 Å². The highest BCUT2D eigenvalue weighted by molar-refractivity contribution is 7.15. The summed E-state index contributed by atoms with van der Waals surface area (Å²) in [4.78, 5) is 33.3. The third kappa shape index (κ3) is 7.07. The van der Waals surface area contributed by atoms with Gasteiger partial charge in [0.05, 0.1) is 30.8 Å². The number of methoxy groups -OCH3 is 1. The molecule has 0 bridgehead atoms. The second-order valence-corrected chi connectivity index (χ2v) is 9.17. The zero-order valence-electron chi connectivity index (χ0n) is 19.7. The Bertz CT molecular complexity index is 1220. The standard InChI is InChI=1S/C24H26N4O5S.2ClH/c1-13(25)21-20(22(29)26-11-16-4-3-5-17(27-16)24(30)31)28-23(34-21)15-8-9-18(32-2)19(10-15)33-12-14-6-7-14;;/h3-5,8-10,13-14H,6-7,11-12,25H2,1-2H3,(H,26,29)(H,30,31);2*1H/t13-;;/m0../s1. The van der Waals surface area contributed by atoms with Gasteiger partial charge in [-0.2, -0.15) is 0 Å². The highest BCUT2D eigenvalue weighted by atomic mass is 35.5. The van der Waals surface area contributed by atoms with Crippen LogP contribution in [0.1, 0.15) is 57.4 Å². The first-order valence-electron chi connectivity index (χ1n) is 10.9. The lowest BCUT2D eigenvalue weighted by Gasteiger charge is -2.11. The van der Waals surface area contributed by atoms with E-state index in [1.54, 1.807) is 26.2 Å². The maximum Gasteiger partial charge on any atom is 0.354 e. The van der Waals surface area contributed by atoms with Gasteiger partial charge in [-0.05, 0) is 56.0 Å². The van der Waals surface area contributed by atoms with E-state index >= 15 is 0 Å².